The summed E-state index contributed by atoms with van der Waals surface area (Å²) in [4.78, 5) is 13.9. The van der Waals surface area contributed by atoms with Crippen molar-refractivity contribution in [1.82, 2.24) is 9.21 Å². The van der Waals surface area contributed by atoms with E-state index < -0.39 is 52.6 Å². The SMILES string of the molecule is CC(C)(CCCC#N)CN(C[C@@H](O)[C@H](Cc1ccccc1)N(C(=O)[O-])[C@H]1CO[C@H]2OCC[C@H]21)S(=O)(=O)c1ccc2c(c1)OCO2. The Morgan fingerprint density at radius 3 is 2.64 bits per heavy atom. The van der Waals surface area contributed by atoms with Gasteiger partial charge in [-0.05, 0) is 48.8 Å². The monoisotopic (exact) mass is 642 g/mol. The van der Waals surface area contributed by atoms with Gasteiger partial charge >= 0.3 is 0 Å². The van der Waals surface area contributed by atoms with Crippen molar-refractivity contribution in [2.24, 2.45) is 11.3 Å². The van der Waals surface area contributed by atoms with E-state index in [9.17, 15) is 23.4 Å². The maximum Gasteiger partial charge on any atom is 0.243 e. The number of aliphatic hydroxyl groups excluding tert-OH is 1. The van der Waals surface area contributed by atoms with E-state index in [-0.39, 0.29) is 37.2 Å². The highest BCUT2D eigenvalue weighted by atomic mass is 32.2. The molecule has 0 bridgehead atoms. The number of fused-ring (bicyclic) bond motifs is 2. The molecule has 244 valence electrons. The van der Waals surface area contributed by atoms with Crippen LogP contribution in [-0.2, 0) is 25.9 Å². The maximum absolute atomic E-state index is 14.3. The van der Waals surface area contributed by atoms with Crippen LogP contribution < -0.4 is 14.6 Å². The number of rotatable bonds is 14. The number of amides is 1. The smallest absolute Gasteiger partial charge is 0.243 e. The lowest BCUT2D eigenvalue weighted by Crippen LogP contribution is -2.61. The number of unbranched alkanes of at least 4 members (excludes halogenated alkanes) is 1. The number of hydrogen-bond donors (Lipinski definition) is 1. The molecule has 2 aromatic rings. The lowest BCUT2D eigenvalue weighted by Gasteiger charge is -2.43. The fourth-order valence-electron chi connectivity index (χ4n) is 6.49. The van der Waals surface area contributed by atoms with Crippen LogP contribution in [0.25, 0.3) is 0 Å². The third-order valence-corrected chi connectivity index (χ3v) is 10.6. The molecule has 2 saturated heterocycles. The van der Waals surface area contributed by atoms with Crippen LogP contribution in [0.5, 0.6) is 11.5 Å². The molecule has 3 aliphatic rings. The van der Waals surface area contributed by atoms with Crippen LogP contribution >= 0.6 is 0 Å². The zero-order valence-electron chi connectivity index (χ0n) is 25.5. The van der Waals surface area contributed by atoms with Crippen molar-refractivity contribution in [3.63, 3.8) is 0 Å². The van der Waals surface area contributed by atoms with Crippen LogP contribution in [0.2, 0.25) is 0 Å². The van der Waals surface area contributed by atoms with Crippen LogP contribution in [0, 0.1) is 22.7 Å². The Balaban J connectivity index is 1.49. The molecule has 5 atom stereocenters. The summed E-state index contributed by atoms with van der Waals surface area (Å²) in [6.07, 6.45) is -1.28. The summed E-state index contributed by atoms with van der Waals surface area (Å²) in [5.41, 5.74) is 0.198. The number of carbonyl (C=O) groups excluding carboxylic acids is 1. The highest BCUT2D eigenvalue weighted by Gasteiger charge is 2.47. The second-order valence-electron chi connectivity index (χ2n) is 12.6. The maximum atomic E-state index is 14.3. The number of benzene rings is 2. The molecule has 0 radical (unpaired) electrons. The molecule has 1 N–H and O–H groups in total. The van der Waals surface area contributed by atoms with Crippen molar-refractivity contribution in [3.8, 4) is 17.6 Å². The number of aliphatic hydroxyl groups is 1. The van der Waals surface area contributed by atoms with Gasteiger partial charge in [-0.1, -0.05) is 44.2 Å². The van der Waals surface area contributed by atoms with Crippen LogP contribution in [0.1, 0.15) is 45.1 Å². The predicted molar refractivity (Wildman–Crippen MR) is 159 cm³/mol. The second-order valence-corrected chi connectivity index (χ2v) is 14.5. The number of ether oxygens (including phenoxy) is 4. The minimum Gasteiger partial charge on any atom is -0.530 e. The van der Waals surface area contributed by atoms with E-state index in [4.69, 9.17) is 24.2 Å². The zero-order chi connectivity index (χ0) is 32.2. The van der Waals surface area contributed by atoms with Gasteiger partial charge in [-0.25, -0.2) is 8.42 Å². The van der Waals surface area contributed by atoms with E-state index in [2.05, 4.69) is 6.07 Å². The fourth-order valence-corrected chi connectivity index (χ4v) is 8.15. The predicted octanol–water partition coefficient (Wildman–Crippen LogP) is 2.50. The lowest BCUT2D eigenvalue weighted by atomic mass is 9.87. The van der Waals surface area contributed by atoms with Crippen molar-refractivity contribution in [2.75, 3.05) is 33.1 Å². The van der Waals surface area contributed by atoms with Gasteiger partial charge in [-0.2, -0.15) is 9.57 Å². The minimum absolute atomic E-state index is 0.0146. The highest BCUT2D eigenvalue weighted by molar-refractivity contribution is 7.89. The van der Waals surface area contributed by atoms with Gasteiger partial charge in [0.1, 0.15) is 6.09 Å². The van der Waals surface area contributed by atoms with Crippen LogP contribution in [-0.4, -0.2) is 86.4 Å². The summed E-state index contributed by atoms with van der Waals surface area (Å²) >= 11 is 0. The molecule has 0 unspecified atom stereocenters. The first-order valence-electron chi connectivity index (χ1n) is 15.2. The molecule has 2 aromatic carbocycles. The van der Waals surface area contributed by atoms with Gasteiger partial charge in [0.05, 0.1) is 42.4 Å². The number of nitriles is 1. The van der Waals surface area contributed by atoms with Gasteiger partial charge in [-0.3, -0.25) is 0 Å². The Morgan fingerprint density at radius 1 is 1.16 bits per heavy atom. The summed E-state index contributed by atoms with van der Waals surface area (Å²) in [7, 11) is -4.22. The van der Waals surface area contributed by atoms with E-state index in [1.807, 2.05) is 44.2 Å². The van der Waals surface area contributed by atoms with Crippen LogP contribution in [0.3, 0.4) is 0 Å². The Morgan fingerprint density at radius 2 is 1.91 bits per heavy atom. The topological polar surface area (TPSA) is 162 Å². The average molecular weight is 643 g/mol. The number of nitrogens with zero attached hydrogens (tertiary/aromatic N) is 3. The van der Waals surface area contributed by atoms with Crippen molar-refractivity contribution in [3.05, 3.63) is 54.1 Å². The van der Waals surface area contributed by atoms with E-state index in [1.54, 1.807) is 0 Å². The molecular weight excluding hydrogens is 602 g/mol. The van der Waals surface area contributed by atoms with Gasteiger partial charge < -0.3 is 38.9 Å². The molecule has 2 fully saturated rings. The third kappa shape index (κ3) is 7.53. The fraction of sp³-hybridized carbons (Fsp3) is 0.562. The van der Waals surface area contributed by atoms with Crippen LogP contribution in [0.15, 0.2) is 53.4 Å². The summed E-state index contributed by atoms with van der Waals surface area (Å²) in [6, 6.07) is 13.9. The first-order chi connectivity index (χ1) is 21.5. The molecule has 1 amide bonds. The van der Waals surface area contributed by atoms with Crippen molar-refractivity contribution in [2.45, 2.75) is 75.3 Å². The summed E-state index contributed by atoms with van der Waals surface area (Å²) in [6.45, 7) is 3.92. The normalized spacial score (nSPS) is 22.2. The molecule has 45 heavy (non-hydrogen) atoms. The van der Waals surface area contributed by atoms with E-state index >= 15 is 0 Å². The Kier molecular flexibility index (Phi) is 10.2. The van der Waals surface area contributed by atoms with Gasteiger partial charge in [0.25, 0.3) is 0 Å². The Hall–Kier alpha value is -3.41. The molecular formula is C32H40N3O9S-. The average Bonchev–Trinajstić information content (AvgIpc) is 3.75. The molecule has 3 heterocycles. The van der Waals surface area contributed by atoms with E-state index in [0.717, 1.165) is 10.5 Å². The standard InChI is InChI=1S/C32H41N3O9S/c1-32(2,13-6-7-14-33)20-34(45(39,40)23-10-11-28-29(17-23)44-21-43-28)18-27(36)25(16-22-8-4-3-5-9-22)35(31(37)38)26-19-42-30-24(26)12-15-41-30/h3-5,8-11,17,24-27,30,36H,6-7,12-13,15-16,18-21H2,1-2H3,(H,37,38)/p-1/t24-,25-,26-,27+,30+/m0/s1. The van der Waals surface area contributed by atoms with E-state index in [1.165, 1.54) is 22.5 Å². The third-order valence-electron chi connectivity index (χ3n) is 8.78. The molecule has 13 heteroatoms. The summed E-state index contributed by atoms with van der Waals surface area (Å²) in [5.74, 6) is 0.489. The van der Waals surface area contributed by atoms with Crippen molar-refractivity contribution >= 4 is 16.1 Å². The van der Waals surface area contributed by atoms with Crippen LogP contribution in [0.4, 0.5) is 4.79 Å². The van der Waals surface area contributed by atoms with Gasteiger partial charge in [0, 0.05) is 31.5 Å². The molecule has 5 rings (SSSR count). The molecule has 0 spiro atoms. The van der Waals surface area contributed by atoms with Crippen molar-refractivity contribution in [1.29, 1.82) is 5.26 Å². The Labute approximate surface area is 264 Å². The van der Waals surface area contributed by atoms with Gasteiger partial charge in [-0.15, -0.1) is 0 Å². The zero-order valence-corrected chi connectivity index (χ0v) is 26.4. The summed E-state index contributed by atoms with van der Waals surface area (Å²) < 4.78 is 51.9. The largest absolute Gasteiger partial charge is 0.530 e. The first-order valence-corrected chi connectivity index (χ1v) is 16.7. The van der Waals surface area contributed by atoms with Gasteiger partial charge in [0.2, 0.25) is 16.8 Å². The molecule has 12 nitrogen and oxygen atoms in total. The summed E-state index contributed by atoms with van der Waals surface area (Å²) in [5, 5.41) is 33.8. The number of sulfonamides is 1. The first kappa shape index (κ1) is 33.0. The second kappa shape index (κ2) is 13.9. The molecule has 3 aliphatic heterocycles. The quantitative estimate of drug-likeness (QED) is 0.303. The highest BCUT2D eigenvalue weighted by Crippen LogP contribution is 2.38. The number of carboxylic acid groups (broad SMARTS) is 1. The van der Waals surface area contributed by atoms with Crippen molar-refractivity contribution < 1.29 is 42.4 Å². The van der Waals surface area contributed by atoms with Gasteiger partial charge in [0.15, 0.2) is 17.8 Å². The Bertz CT molecular complexity index is 1480. The number of carbonyl (C=O) groups is 1. The molecule has 0 aliphatic carbocycles. The minimum atomic E-state index is -4.22. The lowest BCUT2D eigenvalue weighted by molar-refractivity contribution is -0.273. The molecule has 0 aromatic heterocycles. The molecule has 0 saturated carbocycles. The van der Waals surface area contributed by atoms with E-state index in [0.29, 0.717) is 43.8 Å². The number of hydrogen-bond acceptors (Lipinski definition) is 10.